The molecular weight excluding hydrogens is 208 g/mol. The normalized spacial score (nSPS) is 20.5. The van der Waals surface area contributed by atoms with Crippen molar-refractivity contribution >= 4 is 0 Å². The molecule has 1 N–H and O–H groups in total. The lowest BCUT2D eigenvalue weighted by Gasteiger charge is -2.10. The van der Waals surface area contributed by atoms with Gasteiger partial charge in [-0.1, -0.05) is 12.1 Å². The van der Waals surface area contributed by atoms with Gasteiger partial charge in [-0.2, -0.15) is 0 Å². The molecule has 1 fully saturated rings. The molecule has 4 heteroatoms. The minimum atomic E-state index is -0.578. The molecule has 1 aromatic carbocycles. The van der Waals surface area contributed by atoms with E-state index in [0.29, 0.717) is 13.2 Å². The summed E-state index contributed by atoms with van der Waals surface area (Å²) in [7, 11) is 1.57. The lowest BCUT2D eigenvalue weighted by molar-refractivity contribution is 0.0643. The van der Waals surface area contributed by atoms with Gasteiger partial charge in [-0.3, -0.25) is 0 Å². The molecule has 0 aliphatic carbocycles. The van der Waals surface area contributed by atoms with Crippen molar-refractivity contribution in [2.24, 2.45) is 0 Å². The van der Waals surface area contributed by atoms with Crippen LogP contribution in [0.4, 0.5) is 0 Å². The molecule has 0 amide bonds. The Balaban J connectivity index is 1.87. The van der Waals surface area contributed by atoms with Crippen molar-refractivity contribution in [2.45, 2.75) is 12.2 Å². The maximum absolute atomic E-state index is 9.65. The third kappa shape index (κ3) is 3.20. The summed E-state index contributed by atoms with van der Waals surface area (Å²) in [6.07, 6.45) is -0.315. The summed E-state index contributed by atoms with van der Waals surface area (Å²) < 4.78 is 15.4. The average molecular weight is 224 g/mol. The second kappa shape index (κ2) is 5.30. The standard InChI is InChI=1S/C12H16O4/c1-14-8-12(13)9-2-4-10(5-3-9)15-6-11-7-16-11/h2-5,11-13H,6-8H2,1H3. The largest absolute Gasteiger partial charge is 0.491 e. The SMILES string of the molecule is COCC(O)c1ccc(OCC2CO2)cc1. The van der Waals surface area contributed by atoms with Crippen LogP contribution in [-0.2, 0) is 9.47 Å². The van der Waals surface area contributed by atoms with Gasteiger partial charge in [0.25, 0.3) is 0 Å². The highest BCUT2D eigenvalue weighted by atomic mass is 16.6. The zero-order valence-corrected chi connectivity index (χ0v) is 9.26. The third-order valence-corrected chi connectivity index (χ3v) is 2.43. The molecule has 0 bridgehead atoms. The summed E-state index contributed by atoms with van der Waals surface area (Å²) in [5.74, 6) is 0.795. The van der Waals surface area contributed by atoms with E-state index in [1.807, 2.05) is 24.3 Å². The van der Waals surface area contributed by atoms with E-state index in [-0.39, 0.29) is 6.10 Å². The fourth-order valence-electron chi connectivity index (χ4n) is 1.39. The lowest BCUT2D eigenvalue weighted by Crippen LogP contribution is -2.06. The molecule has 2 atom stereocenters. The van der Waals surface area contributed by atoms with Crippen LogP contribution in [-0.4, -0.2) is 38.1 Å². The van der Waals surface area contributed by atoms with Crippen LogP contribution in [0.3, 0.4) is 0 Å². The first-order valence-corrected chi connectivity index (χ1v) is 5.31. The predicted octanol–water partition coefficient (Wildman–Crippen LogP) is 1.14. The van der Waals surface area contributed by atoms with Gasteiger partial charge >= 0.3 is 0 Å². The molecule has 0 radical (unpaired) electrons. The maximum Gasteiger partial charge on any atom is 0.119 e. The van der Waals surface area contributed by atoms with Crippen molar-refractivity contribution < 1.29 is 19.3 Å². The van der Waals surface area contributed by atoms with Gasteiger partial charge in [0, 0.05) is 7.11 Å². The summed E-state index contributed by atoms with van der Waals surface area (Å²) in [6.45, 7) is 1.70. The summed E-state index contributed by atoms with van der Waals surface area (Å²) in [6, 6.07) is 7.37. The monoisotopic (exact) mass is 224 g/mol. The topological polar surface area (TPSA) is 51.2 Å². The number of aliphatic hydroxyl groups is 1. The molecule has 1 saturated heterocycles. The van der Waals surface area contributed by atoms with Gasteiger partial charge in [0.15, 0.2) is 0 Å². The number of methoxy groups -OCH3 is 1. The van der Waals surface area contributed by atoms with E-state index >= 15 is 0 Å². The van der Waals surface area contributed by atoms with Crippen molar-refractivity contribution in [3.8, 4) is 5.75 Å². The Morgan fingerprint density at radius 3 is 2.69 bits per heavy atom. The number of hydrogen-bond donors (Lipinski definition) is 1. The summed E-state index contributed by atoms with van der Waals surface area (Å²) in [4.78, 5) is 0. The Kier molecular flexibility index (Phi) is 3.77. The summed E-state index contributed by atoms with van der Waals surface area (Å²) in [5.41, 5.74) is 0.830. The van der Waals surface area contributed by atoms with Crippen LogP contribution in [0.1, 0.15) is 11.7 Å². The van der Waals surface area contributed by atoms with Crippen molar-refractivity contribution in [3.63, 3.8) is 0 Å². The Morgan fingerprint density at radius 1 is 1.44 bits per heavy atom. The van der Waals surface area contributed by atoms with Crippen LogP contribution in [0.5, 0.6) is 5.75 Å². The first-order chi connectivity index (χ1) is 7.79. The molecule has 88 valence electrons. The van der Waals surface area contributed by atoms with E-state index in [2.05, 4.69) is 0 Å². The molecule has 16 heavy (non-hydrogen) atoms. The van der Waals surface area contributed by atoms with Crippen molar-refractivity contribution in [1.82, 2.24) is 0 Å². The van der Waals surface area contributed by atoms with Crippen LogP contribution in [0.15, 0.2) is 24.3 Å². The minimum absolute atomic E-state index is 0.263. The third-order valence-electron chi connectivity index (χ3n) is 2.43. The fraction of sp³-hybridized carbons (Fsp3) is 0.500. The molecule has 1 aromatic rings. The number of rotatable bonds is 6. The van der Waals surface area contributed by atoms with E-state index < -0.39 is 6.10 Å². The predicted molar refractivity (Wildman–Crippen MR) is 58.5 cm³/mol. The summed E-state index contributed by atoms with van der Waals surface area (Å²) >= 11 is 0. The van der Waals surface area contributed by atoms with Crippen LogP contribution in [0.25, 0.3) is 0 Å². The highest BCUT2D eigenvalue weighted by Gasteiger charge is 2.22. The number of benzene rings is 1. The molecule has 1 aliphatic rings. The minimum Gasteiger partial charge on any atom is -0.491 e. The number of ether oxygens (including phenoxy) is 3. The van der Waals surface area contributed by atoms with Gasteiger partial charge < -0.3 is 19.3 Å². The van der Waals surface area contributed by atoms with Gasteiger partial charge in [-0.25, -0.2) is 0 Å². The van der Waals surface area contributed by atoms with Gasteiger partial charge in [0.2, 0.25) is 0 Å². The Bertz CT molecular complexity index is 318. The van der Waals surface area contributed by atoms with Gasteiger partial charge in [0.1, 0.15) is 24.6 Å². The molecule has 2 rings (SSSR count). The van der Waals surface area contributed by atoms with Gasteiger partial charge in [-0.15, -0.1) is 0 Å². The number of epoxide rings is 1. The highest BCUT2D eigenvalue weighted by molar-refractivity contribution is 5.28. The molecule has 0 aromatic heterocycles. The van der Waals surface area contributed by atoms with E-state index in [1.165, 1.54) is 0 Å². The van der Waals surface area contributed by atoms with Crippen LogP contribution < -0.4 is 4.74 Å². The molecule has 1 aliphatic heterocycles. The first kappa shape index (κ1) is 11.4. The lowest BCUT2D eigenvalue weighted by atomic mass is 10.1. The van der Waals surface area contributed by atoms with Crippen LogP contribution in [0, 0.1) is 0 Å². The van der Waals surface area contributed by atoms with E-state index in [9.17, 15) is 5.11 Å². The van der Waals surface area contributed by atoms with E-state index in [0.717, 1.165) is 17.9 Å². The molecule has 4 nitrogen and oxygen atoms in total. The molecular formula is C12H16O4. The fourth-order valence-corrected chi connectivity index (χ4v) is 1.39. The second-order valence-corrected chi connectivity index (χ2v) is 3.81. The Morgan fingerprint density at radius 2 is 2.12 bits per heavy atom. The van der Waals surface area contributed by atoms with Gasteiger partial charge in [-0.05, 0) is 17.7 Å². The number of hydrogen-bond acceptors (Lipinski definition) is 4. The second-order valence-electron chi connectivity index (χ2n) is 3.81. The van der Waals surface area contributed by atoms with E-state index in [4.69, 9.17) is 14.2 Å². The zero-order chi connectivity index (χ0) is 11.4. The Hall–Kier alpha value is -1.10. The van der Waals surface area contributed by atoms with Crippen LogP contribution >= 0.6 is 0 Å². The van der Waals surface area contributed by atoms with Crippen molar-refractivity contribution in [1.29, 1.82) is 0 Å². The van der Waals surface area contributed by atoms with Crippen molar-refractivity contribution in [3.05, 3.63) is 29.8 Å². The molecule has 1 heterocycles. The zero-order valence-electron chi connectivity index (χ0n) is 9.26. The van der Waals surface area contributed by atoms with Gasteiger partial charge in [0.05, 0.1) is 13.2 Å². The quantitative estimate of drug-likeness (QED) is 0.736. The molecule has 0 spiro atoms. The summed E-state index contributed by atoms with van der Waals surface area (Å²) in [5, 5.41) is 9.65. The van der Waals surface area contributed by atoms with E-state index in [1.54, 1.807) is 7.11 Å². The molecule has 2 unspecified atom stereocenters. The number of aliphatic hydroxyl groups excluding tert-OH is 1. The average Bonchev–Trinajstić information content (AvgIpc) is 3.11. The smallest absolute Gasteiger partial charge is 0.119 e. The van der Waals surface area contributed by atoms with Crippen molar-refractivity contribution in [2.75, 3.05) is 26.9 Å². The molecule has 0 saturated carbocycles. The Labute approximate surface area is 94.8 Å². The highest BCUT2D eigenvalue weighted by Crippen LogP contribution is 2.19. The first-order valence-electron chi connectivity index (χ1n) is 5.31. The maximum atomic E-state index is 9.65. The van der Waals surface area contributed by atoms with Crippen LogP contribution in [0.2, 0.25) is 0 Å².